The van der Waals surface area contributed by atoms with Gasteiger partial charge in [0.1, 0.15) is 0 Å². The molecule has 0 saturated heterocycles. The predicted molar refractivity (Wildman–Crippen MR) is 84.8 cm³/mol. The van der Waals surface area contributed by atoms with Crippen molar-refractivity contribution in [1.82, 2.24) is 0 Å². The van der Waals surface area contributed by atoms with Gasteiger partial charge in [-0.05, 0) is 35.2 Å². The summed E-state index contributed by atoms with van der Waals surface area (Å²) in [6, 6.07) is 8.67. The number of nitrogens with zero attached hydrogens (tertiary/aromatic N) is 1. The molecule has 1 aliphatic heterocycles. The second-order valence-electron chi connectivity index (χ2n) is 5.72. The van der Waals surface area contributed by atoms with Crippen LogP contribution in [0.25, 0.3) is 22.0 Å². The summed E-state index contributed by atoms with van der Waals surface area (Å²) < 4.78 is 7.39. The van der Waals surface area contributed by atoms with Crippen molar-refractivity contribution in [2.75, 3.05) is 7.11 Å². The van der Waals surface area contributed by atoms with Crippen molar-refractivity contribution in [2.24, 2.45) is 0 Å². The predicted octanol–water partition coefficient (Wildman–Crippen LogP) is -0.520. The van der Waals surface area contributed by atoms with Crippen LogP contribution in [0.15, 0.2) is 36.5 Å². The Morgan fingerprint density at radius 3 is 2.50 bits per heavy atom. The standard InChI is InChI=1S/C18H15NO4.ClH/c1-23-18-13-9-19-5-4-11-7-16(21)17(22)8-12(11)14(19)6-10(13)2-3-15(18)20;/h2-3,6-9,20,22H,4-5H2,1H3;1H. The lowest BCUT2D eigenvalue weighted by molar-refractivity contribution is -0.686. The molecular weight excluding hydrogens is 330 g/mol. The number of pyridine rings is 1. The summed E-state index contributed by atoms with van der Waals surface area (Å²) in [6.07, 6.45) is 2.71. The molecule has 5 nitrogen and oxygen atoms in total. The number of phenols is 3. The quantitative estimate of drug-likeness (QED) is 0.410. The van der Waals surface area contributed by atoms with Crippen LogP contribution in [0.5, 0.6) is 23.0 Å². The first-order chi connectivity index (χ1) is 11.1. The van der Waals surface area contributed by atoms with Crippen LogP contribution < -0.4 is 21.7 Å². The average Bonchev–Trinajstić information content (AvgIpc) is 2.54. The molecule has 124 valence electrons. The fourth-order valence-electron chi connectivity index (χ4n) is 3.26. The molecule has 24 heavy (non-hydrogen) atoms. The van der Waals surface area contributed by atoms with Crippen LogP contribution in [-0.2, 0) is 13.0 Å². The summed E-state index contributed by atoms with van der Waals surface area (Å²) >= 11 is 0. The molecule has 0 radical (unpaired) electrons. The molecule has 0 atom stereocenters. The molecule has 3 N–H and O–H groups in total. The average molecular weight is 346 g/mol. The molecule has 3 aromatic rings. The molecule has 4 rings (SSSR count). The van der Waals surface area contributed by atoms with E-state index in [-0.39, 0.29) is 29.7 Å². The van der Waals surface area contributed by atoms with E-state index in [1.165, 1.54) is 7.11 Å². The van der Waals surface area contributed by atoms with Gasteiger partial charge in [-0.1, -0.05) is 0 Å². The van der Waals surface area contributed by atoms with Crippen molar-refractivity contribution in [3.63, 3.8) is 0 Å². The fraction of sp³-hybridized carbons (Fsp3) is 0.167. The van der Waals surface area contributed by atoms with Crippen LogP contribution in [0, 0.1) is 0 Å². The number of ether oxygens (including phenoxy) is 1. The number of halogens is 1. The Balaban J connectivity index is 0.00000169. The number of fused-ring (bicyclic) bond motifs is 4. The van der Waals surface area contributed by atoms with Crippen molar-refractivity contribution >= 4 is 10.8 Å². The van der Waals surface area contributed by atoms with Gasteiger partial charge < -0.3 is 32.5 Å². The van der Waals surface area contributed by atoms with Crippen LogP contribution in [0.3, 0.4) is 0 Å². The molecular formula is C18H16ClNO4. The number of hydrogen-bond donors (Lipinski definition) is 3. The van der Waals surface area contributed by atoms with Crippen LogP contribution in [0.1, 0.15) is 5.56 Å². The van der Waals surface area contributed by atoms with Crippen molar-refractivity contribution in [1.29, 1.82) is 0 Å². The Labute approximate surface area is 144 Å². The minimum atomic E-state index is -0.124. The number of methoxy groups -OCH3 is 1. The number of aromatic nitrogens is 1. The maximum atomic E-state index is 9.94. The highest BCUT2D eigenvalue weighted by Gasteiger charge is 2.26. The summed E-state index contributed by atoms with van der Waals surface area (Å²) in [6.45, 7) is 0.751. The minimum Gasteiger partial charge on any atom is -1.00 e. The Bertz CT molecular complexity index is 956. The van der Waals surface area contributed by atoms with E-state index in [2.05, 4.69) is 4.57 Å². The van der Waals surface area contributed by atoms with E-state index < -0.39 is 0 Å². The maximum absolute atomic E-state index is 9.94. The van der Waals surface area contributed by atoms with E-state index in [1.54, 1.807) is 18.2 Å². The van der Waals surface area contributed by atoms with Gasteiger partial charge in [0.2, 0.25) is 5.69 Å². The van der Waals surface area contributed by atoms with E-state index in [9.17, 15) is 15.3 Å². The summed E-state index contributed by atoms with van der Waals surface area (Å²) in [5.41, 5.74) is 2.87. The molecule has 2 heterocycles. The third-order valence-corrected chi connectivity index (χ3v) is 4.40. The number of rotatable bonds is 1. The highest BCUT2D eigenvalue weighted by Crippen LogP contribution is 2.38. The van der Waals surface area contributed by atoms with Gasteiger partial charge >= 0.3 is 0 Å². The highest BCUT2D eigenvalue weighted by atomic mass is 35.5. The van der Waals surface area contributed by atoms with Crippen molar-refractivity contribution in [3.05, 3.63) is 42.1 Å². The van der Waals surface area contributed by atoms with Crippen LogP contribution in [-0.4, -0.2) is 22.4 Å². The number of phenolic OH excluding ortho intramolecular Hbond substituents is 3. The topological polar surface area (TPSA) is 73.8 Å². The molecule has 0 fully saturated rings. The van der Waals surface area contributed by atoms with Gasteiger partial charge in [0, 0.05) is 12.5 Å². The lowest BCUT2D eigenvalue weighted by atomic mass is 9.95. The van der Waals surface area contributed by atoms with Gasteiger partial charge in [0.25, 0.3) is 0 Å². The van der Waals surface area contributed by atoms with Crippen molar-refractivity contribution in [2.45, 2.75) is 13.0 Å². The first-order valence-corrected chi connectivity index (χ1v) is 7.37. The van der Waals surface area contributed by atoms with Gasteiger partial charge in [-0.2, -0.15) is 4.57 Å². The van der Waals surface area contributed by atoms with Crippen LogP contribution in [0.4, 0.5) is 0 Å². The van der Waals surface area contributed by atoms with Gasteiger partial charge in [-0.3, -0.25) is 0 Å². The van der Waals surface area contributed by atoms with E-state index in [0.29, 0.717) is 5.75 Å². The number of benzene rings is 2. The normalized spacial score (nSPS) is 12.2. The lowest BCUT2D eigenvalue weighted by Crippen LogP contribution is -3.00. The number of aromatic hydroxyl groups is 3. The van der Waals surface area contributed by atoms with E-state index >= 15 is 0 Å². The van der Waals surface area contributed by atoms with Gasteiger partial charge in [0.15, 0.2) is 35.7 Å². The Morgan fingerprint density at radius 1 is 1.00 bits per heavy atom. The van der Waals surface area contributed by atoms with Crippen LogP contribution >= 0.6 is 0 Å². The van der Waals surface area contributed by atoms with Crippen molar-refractivity contribution < 1.29 is 37.0 Å². The first-order valence-electron chi connectivity index (χ1n) is 7.37. The summed E-state index contributed by atoms with van der Waals surface area (Å²) in [5.74, 6) is 0.349. The zero-order valence-corrected chi connectivity index (χ0v) is 13.7. The molecule has 0 bridgehead atoms. The molecule has 2 aromatic carbocycles. The molecule has 1 aliphatic rings. The van der Waals surface area contributed by atoms with E-state index in [4.69, 9.17) is 4.74 Å². The summed E-state index contributed by atoms with van der Waals surface area (Å²) in [7, 11) is 1.54. The molecule has 1 aromatic heterocycles. The highest BCUT2D eigenvalue weighted by molar-refractivity contribution is 5.91. The third-order valence-electron chi connectivity index (χ3n) is 4.40. The Hall–Kier alpha value is -2.66. The largest absolute Gasteiger partial charge is 1.00 e. The summed E-state index contributed by atoms with van der Waals surface area (Å²) in [4.78, 5) is 0. The number of hydrogen-bond acceptors (Lipinski definition) is 4. The maximum Gasteiger partial charge on any atom is 0.213 e. The van der Waals surface area contributed by atoms with E-state index in [1.807, 2.05) is 18.3 Å². The third kappa shape index (κ3) is 2.29. The van der Waals surface area contributed by atoms with E-state index in [0.717, 1.165) is 40.6 Å². The molecule has 0 spiro atoms. The molecule has 0 unspecified atom stereocenters. The summed E-state index contributed by atoms with van der Waals surface area (Å²) in [5, 5.41) is 31.2. The second kappa shape index (κ2) is 5.76. The molecule has 0 saturated carbocycles. The van der Waals surface area contributed by atoms with Crippen molar-refractivity contribution in [3.8, 4) is 34.3 Å². The smallest absolute Gasteiger partial charge is 0.213 e. The van der Waals surface area contributed by atoms with Gasteiger partial charge in [-0.15, -0.1) is 0 Å². The Morgan fingerprint density at radius 2 is 1.75 bits per heavy atom. The first kappa shape index (κ1) is 16.2. The second-order valence-corrected chi connectivity index (χ2v) is 5.72. The molecule has 0 aliphatic carbocycles. The van der Waals surface area contributed by atoms with Gasteiger partial charge in [-0.25, -0.2) is 0 Å². The van der Waals surface area contributed by atoms with Gasteiger partial charge in [0.05, 0.1) is 18.1 Å². The zero-order valence-electron chi connectivity index (χ0n) is 13.0. The SMILES string of the molecule is COc1c(O)ccc2cc3[n+](cc12)CCc1cc(O)c(O)cc1-3.[Cl-]. The fourth-order valence-corrected chi connectivity index (χ4v) is 3.26. The molecule has 0 amide bonds. The Kier molecular flexibility index (Phi) is 3.89. The molecule has 6 heteroatoms. The monoisotopic (exact) mass is 345 g/mol. The number of aryl methyl sites for hydroxylation is 2. The zero-order chi connectivity index (χ0) is 16.1. The lowest BCUT2D eigenvalue weighted by Gasteiger charge is -2.17. The minimum absolute atomic E-state index is 0. The van der Waals surface area contributed by atoms with Crippen LogP contribution in [0.2, 0.25) is 0 Å².